The fourth-order valence-corrected chi connectivity index (χ4v) is 3.97. The molecule has 0 bridgehead atoms. The van der Waals surface area contributed by atoms with Crippen molar-refractivity contribution in [3.05, 3.63) is 0 Å². The van der Waals surface area contributed by atoms with Crippen LogP contribution in [0.4, 0.5) is 0 Å². The molecule has 1 saturated heterocycles. The molecule has 2 rings (SSSR count). The molecule has 3 N–H and O–H groups in total. The monoisotopic (exact) mass is 255 g/mol. The maximum atomic E-state index is 11.2. The first kappa shape index (κ1) is 14.3. The SMILES string of the molecule is CC1CCC(CN)(C2(O)CCOC(C(C)C)C2)C1. The van der Waals surface area contributed by atoms with Gasteiger partial charge in [-0.2, -0.15) is 0 Å². The fourth-order valence-electron chi connectivity index (χ4n) is 3.97. The normalized spacial score (nSPS) is 45.7. The van der Waals surface area contributed by atoms with Crippen LogP contribution in [0.5, 0.6) is 0 Å². The van der Waals surface area contributed by atoms with E-state index in [1.54, 1.807) is 0 Å². The second-order valence-corrected chi connectivity index (χ2v) is 6.97. The second kappa shape index (κ2) is 5.10. The van der Waals surface area contributed by atoms with Crippen molar-refractivity contribution in [3.63, 3.8) is 0 Å². The number of nitrogens with two attached hydrogens (primary N) is 1. The first-order chi connectivity index (χ1) is 8.42. The fraction of sp³-hybridized carbons (Fsp3) is 1.00. The molecule has 0 aromatic heterocycles. The van der Waals surface area contributed by atoms with Crippen molar-refractivity contribution in [2.75, 3.05) is 13.2 Å². The molecule has 0 aromatic rings. The minimum atomic E-state index is -0.611. The maximum absolute atomic E-state index is 11.2. The Morgan fingerprint density at radius 2 is 2.06 bits per heavy atom. The van der Waals surface area contributed by atoms with Crippen LogP contribution in [0.15, 0.2) is 0 Å². The molecule has 106 valence electrons. The topological polar surface area (TPSA) is 55.5 Å². The molecule has 0 spiro atoms. The standard InChI is InChI=1S/C15H29NO2/c1-11(2)13-9-15(17,6-7-18-13)14(10-16)5-4-12(3)8-14/h11-13,17H,4-10,16H2,1-3H3. The van der Waals surface area contributed by atoms with Crippen LogP contribution in [0, 0.1) is 17.3 Å². The highest BCUT2D eigenvalue weighted by molar-refractivity contribution is 5.06. The van der Waals surface area contributed by atoms with Gasteiger partial charge in [-0.1, -0.05) is 27.2 Å². The van der Waals surface area contributed by atoms with Gasteiger partial charge in [0, 0.05) is 31.4 Å². The van der Waals surface area contributed by atoms with Crippen molar-refractivity contribution in [1.82, 2.24) is 0 Å². The molecular weight excluding hydrogens is 226 g/mol. The highest BCUT2D eigenvalue weighted by Gasteiger charge is 2.54. The molecule has 0 amide bonds. The summed E-state index contributed by atoms with van der Waals surface area (Å²) in [5, 5.41) is 11.2. The van der Waals surface area contributed by atoms with Crippen LogP contribution < -0.4 is 5.73 Å². The van der Waals surface area contributed by atoms with Crippen LogP contribution in [0.25, 0.3) is 0 Å². The summed E-state index contributed by atoms with van der Waals surface area (Å²) in [6.45, 7) is 7.90. The Bertz CT molecular complexity index is 294. The molecule has 3 heteroatoms. The predicted molar refractivity (Wildman–Crippen MR) is 73.3 cm³/mol. The molecule has 4 unspecified atom stereocenters. The lowest BCUT2D eigenvalue weighted by atomic mass is 9.64. The van der Waals surface area contributed by atoms with Gasteiger partial charge >= 0.3 is 0 Å². The van der Waals surface area contributed by atoms with Gasteiger partial charge in [-0.3, -0.25) is 0 Å². The van der Waals surface area contributed by atoms with Gasteiger partial charge in [-0.15, -0.1) is 0 Å². The van der Waals surface area contributed by atoms with Crippen molar-refractivity contribution >= 4 is 0 Å². The van der Waals surface area contributed by atoms with Crippen LogP contribution >= 0.6 is 0 Å². The summed E-state index contributed by atoms with van der Waals surface area (Å²) in [6.07, 6.45) is 5.04. The van der Waals surface area contributed by atoms with Gasteiger partial charge in [-0.25, -0.2) is 0 Å². The van der Waals surface area contributed by atoms with E-state index in [1.807, 2.05) is 0 Å². The summed E-state index contributed by atoms with van der Waals surface area (Å²) in [6, 6.07) is 0. The predicted octanol–water partition coefficient (Wildman–Crippen LogP) is 2.32. The summed E-state index contributed by atoms with van der Waals surface area (Å²) >= 11 is 0. The summed E-state index contributed by atoms with van der Waals surface area (Å²) in [4.78, 5) is 0. The van der Waals surface area contributed by atoms with Crippen LogP contribution in [0.2, 0.25) is 0 Å². The molecule has 2 aliphatic rings. The summed E-state index contributed by atoms with van der Waals surface area (Å²) in [5.74, 6) is 1.16. The van der Waals surface area contributed by atoms with E-state index < -0.39 is 5.60 Å². The Labute approximate surface area is 111 Å². The molecule has 0 aromatic carbocycles. The Morgan fingerprint density at radius 3 is 2.56 bits per heavy atom. The second-order valence-electron chi connectivity index (χ2n) is 6.97. The molecule has 4 atom stereocenters. The average Bonchev–Trinajstić information content (AvgIpc) is 2.73. The lowest BCUT2D eigenvalue weighted by molar-refractivity contribution is -0.173. The minimum absolute atomic E-state index is 0.0661. The molecular formula is C15H29NO2. The van der Waals surface area contributed by atoms with Crippen LogP contribution in [0.3, 0.4) is 0 Å². The van der Waals surface area contributed by atoms with Gasteiger partial charge in [0.1, 0.15) is 0 Å². The zero-order valence-corrected chi connectivity index (χ0v) is 12.1. The molecule has 3 nitrogen and oxygen atoms in total. The largest absolute Gasteiger partial charge is 0.389 e. The number of ether oxygens (including phenoxy) is 1. The van der Waals surface area contributed by atoms with Gasteiger partial charge in [0.25, 0.3) is 0 Å². The summed E-state index contributed by atoms with van der Waals surface area (Å²) < 4.78 is 5.81. The molecule has 1 saturated carbocycles. The Hall–Kier alpha value is -0.120. The van der Waals surface area contributed by atoms with E-state index in [0.717, 1.165) is 25.7 Å². The smallest absolute Gasteiger partial charge is 0.0762 e. The zero-order chi connectivity index (χ0) is 13.4. The van der Waals surface area contributed by atoms with Crippen molar-refractivity contribution in [3.8, 4) is 0 Å². The third kappa shape index (κ3) is 2.33. The average molecular weight is 255 g/mol. The van der Waals surface area contributed by atoms with Gasteiger partial charge in [0.15, 0.2) is 0 Å². The first-order valence-corrected chi connectivity index (χ1v) is 7.46. The number of hydrogen-bond acceptors (Lipinski definition) is 3. The van der Waals surface area contributed by atoms with Gasteiger partial charge in [0.2, 0.25) is 0 Å². The summed E-state index contributed by atoms with van der Waals surface area (Å²) in [7, 11) is 0. The van der Waals surface area contributed by atoms with Crippen molar-refractivity contribution < 1.29 is 9.84 Å². The van der Waals surface area contributed by atoms with Crippen molar-refractivity contribution in [1.29, 1.82) is 0 Å². The molecule has 1 heterocycles. The van der Waals surface area contributed by atoms with Gasteiger partial charge in [0.05, 0.1) is 11.7 Å². The highest BCUT2D eigenvalue weighted by atomic mass is 16.5. The maximum Gasteiger partial charge on any atom is 0.0762 e. The quantitative estimate of drug-likeness (QED) is 0.813. The van der Waals surface area contributed by atoms with E-state index in [0.29, 0.717) is 25.0 Å². The number of hydrogen-bond donors (Lipinski definition) is 2. The Kier molecular flexibility index (Phi) is 4.05. The van der Waals surface area contributed by atoms with Crippen molar-refractivity contribution in [2.24, 2.45) is 23.0 Å². The molecule has 18 heavy (non-hydrogen) atoms. The molecule has 1 aliphatic heterocycles. The van der Waals surface area contributed by atoms with Crippen molar-refractivity contribution in [2.45, 2.75) is 64.6 Å². The molecule has 0 radical (unpaired) electrons. The molecule has 2 fully saturated rings. The van der Waals surface area contributed by atoms with Gasteiger partial charge < -0.3 is 15.6 Å². The molecule has 1 aliphatic carbocycles. The Morgan fingerprint density at radius 1 is 1.33 bits per heavy atom. The van der Waals surface area contributed by atoms with Gasteiger partial charge in [-0.05, 0) is 24.7 Å². The highest BCUT2D eigenvalue weighted by Crippen LogP contribution is 2.53. The van der Waals surface area contributed by atoms with E-state index in [1.165, 1.54) is 6.42 Å². The first-order valence-electron chi connectivity index (χ1n) is 7.46. The minimum Gasteiger partial charge on any atom is -0.389 e. The van der Waals surface area contributed by atoms with E-state index in [2.05, 4.69) is 20.8 Å². The van der Waals surface area contributed by atoms with E-state index in [-0.39, 0.29) is 11.5 Å². The van der Waals surface area contributed by atoms with Crippen LogP contribution in [-0.2, 0) is 4.74 Å². The Balaban J connectivity index is 2.18. The number of aliphatic hydroxyl groups is 1. The van der Waals surface area contributed by atoms with E-state index in [9.17, 15) is 5.11 Å². The number of rotatable bonds is 3. The third-order valence-corrected chi connectivity index (χ3v) is 5.36. The van der Waals surface area contributed by atoms with Crippen LogP contribution in [-0.4, -0.2) is 30.0 Å². The summed E-state index contributed by atoms with van der Waals surface area (Å²) in [5.41, 5.74) is 5.39. The van der Waals surface area contributed by atoms with E-state index >= 15 is 0 Å². The van der Waals surface area contributed by atoms with E-state index in [4.69, 9.17) is 10.5 Å². The third-order valence-electron chi connectivity index (χ3n) is 5.36. The lowest BCUT2D eigenvalue weighted by Gasteiger charge is -2.49. The lowest BCUT2D eigenvalue weighted by Crippen LogP contribution is -2.56. The van der Waals surface area contributed by atoms with Crippen LogP contribution in [0.1, 0.15) is 52.9 Å². The zero-order valence-electron chi connectivity index (χ0n) is 12.1.